The second-order valence-corrected chi connectivity index (χ2v) is 7.51. The first-order chi connectivity index (χ1) is 13.8. The average Bonchev–Trinajstić information content (AvgIpc) is 2.71. The Balaban J connectivity index is 2.73. The predicted octanol–water partition coefficient (Wildman–Crippen LogP) is -0.746. The second-order valence-electron chi connectivity index (χ2n) is 6.61. The molecule has 0 spiro atoms. The van der Waals surface area contributed by atoms with Crippen molar-refractivity contribution in [3.8, 4) is 0 Å². The summed E-state index contributed by atoms with van der Waals surface area (Å²) in [4.78, 5) is 0. The maximum atomic E-state index is 10.3. The molecule has 1 rings (SSSR count). The van der Waals surface area contributed by atoms with Crippen LogP contribution >= 0.6 is 25.3 Å². The van der Waals surface area contributed by atoms with E-state index in [1.807, 2.05) is 0 Å². The van der Waals surface area contributed by atoms with Crippen LogP contribution in [-0.4, -0.2) is 104 Å². The lowest BCUT2D eigenvalue weighted by atomic mass is 9.99. The molecule has 0 aromatic heterocycles. The van der Waals surface area contributed by atoms with Crippen LogP contribution in [0, 0.1) is 0 Å². The Morgan fingerprint density at radius 2 is 1.66 bits per heavy atom. The SMILES string of the molecule is OCC1O[C@@H](OCCCCCS)C(O)C(O)[C@H]1O[C@H](O)/C(O)=C(\O)[C@@H](O)CCS. The highest BCUT2D eigenvalue weighted by molar-refractivity contribution is 7.80. The van der Waals surface area contributed by atoms with Crippen molar-refractivity contribution in [1.29, 1.82) is 0 Å². The molecular formula is C17H32O10S2. The lowest BCUT2D eigenvalue weighted by Crippen LogP contribution is -2.60. The molecule has 0 aromatic carbocycles. The number of hydrogen-bond donors (Lipinski definition) is 9. The van der Waals surface area contributed by atoms with Crippen molar-refractivity contribution in [2.45, 2.75) is 68.8 Å². The summed E-state index contributed by atoms with van der Waals surface area (Å²) in [6, 6.07) is 0. The summed E-state index contributed by atoms with van der Waals surface area (Å²) in [6.07, 6.45) is -8.19. The van der Waals surface area contributed by atoms with Crippen molar-refractivity contribution in [2.75, 3.05) is 24.7 Å². The van der Waals surface area contributed by atoms with Crippen LogP contribution in [0.4, 0.5) is 0 Å². The molecule has 1 fully saturated rings. The lowest BCUT2D eigenvalue weighted by Gasteiger charge is -2.42. The van der Waals surface area contributed by atoms with Gasteiger partial charge in [-0.3, -0.25) is 0 Å². The molecule has 0 radical (unpaired) electrons. The molecule has 0 aliphatic carbocycles. The molecule has 7 N–H and O–H groups in total. The van der Waals surface area contributed by atoms with Crippen molar-refractivity contribution >= 4 is 25.3 Å². The van der Waals surface area contributed by atoms with Gasteiger partial charge in [0.1, 0.15) is 30.5 Å². The highest BCUT2D eigenvalue weighted by Gasteiger charge is 2.47. The summed E-state index contributed by atoms with van der Waals surface area (Å²) < 4.78 is 15.9. The molecule has 3 unspecified atom stereocenters. The van der Waals surface area contributed by atoms with Gasteiger partial charge in [0.15, 0.2) is 17.8 Å². The van der Waals surface area contributed by atoms with Gasteiger partial charge in [0.05, 0.1) is 6.61 Å². The topological polar surface area (TPSA) is 169 Å². The van der Waals surface area contributed by atoms with Gasteiger partial charge in [-0.15, -0.1) is 0 Å². The lowest BCUT2D eigenvalue weighted by molar-refractivity contribution is -0.322. The smallest absolute Gasteiger partial charge is 0.218 e. The number of hydrogen-bond acceptors (Lipinski definition) is 12. The van der Waals surface area contributed by atoms with Crippen molar-refractivity contribution < 1.29 is 50.0 Å². The van der Waals surface area contributed by atoms with Crippen LogP contribution in [-0.2, 0) is 14.2 Å². The Labute approximate surface area is 180 Å². The zero-order valence-electron chi connectivity index (χ0n) is 15.9. The summed E-state index contributed by atoms with van der Waals surface area (Å²) in [7, 11) is 0. The van der Waals surface area contributed by atoms with Crippen LogP contribution in [0.3, 0.4) is 0 Å². The van der Waals surface area contributed by atoms with Crippen LogP contribution in [0.15, 0.2) is 11.5 Å². The van der Waals surface area contributed by atoms with E-state index in [1.54, 1.807) is 0 Å². The second kappa shape index (κ2) is 13.9. The Morgan fingerprint density at radius 3 is 2.24 bits per heavy atom. The van der Waals surface area contributed by atoms with Gasteiger partial charge >= 0.3 is 0 Å². The van der Waals surface area contributed by atoms with Crippen LogP contribution in [0.25, 0.3) is 0 Å². The van der Waals surface area contributed by atoms with E-state index in [1.165, 1.54) is 0 Å². The van der Waals surface area contributed by atoms with Crippen molar-refractivity contribution in [2.24, 2.45) is 0 Å². The summed E-state index contributed by atoms with van der Waals surface area (Å²) in [5.41, 5.74) is 0. The molecule has 0 saturated carbocycles. The van der Waals surface area contributed by atoms with Gasteiger partial charge in [0.25, 0.3) is 0 Å². The number of aliphatic hydroxyl groups excluding tert-OH is 7. The van der Waals surface area contributed by atoms with Crippen LogP contribution in [0.5, 0.6) is 0 Å². The zero-order chi connectivity index (χ0) is 22.0. The molecule has 29 heavy (non-hydrogen) atoms. The number of ether oxygens (including phenoxy) is 3. The van der Waals surface area contributed by atoms with E-state index in [2.05, 4.69) is 25.3 Å². The van der Waals surface area contributed by atoms with Gasteiger partial charge in [-0.2, -0.15) is 25.3 Å². The van der Waals surface area contributed by atoms with Gasteiger partial charge in [-0.1, -0.05) is 6.42 Å². The number of rotatable bonds is 13. The van der Waals surface area contributed by atoms with E-state index in [0.29, 0.717) is 6.42 Å². The van der Waals surface area contributed by atoms with Gasteiger partial charge in [0, 0.05) is 6.61 Å². The van der Waals surface area contributed by atoms with Crippen molar-refractivity contribution in [3.05, 3.63) is 11.5 Å². The maximum absolute atomic E-state index is 10.3. The minimum absolute atomic E-state index is 0.00583. The Kier molecular flexibility index (Phi) is 12.8. The molecule has 0 amide bonds. The van der Waals surface area contributed by atoms with Gasteiger partial charge < -0.3 is 50.0 Å². The maximum Gasteiger partial charge on any atom is 0.218 e. The van der Waals surface area contributed by atoms with Crippen LogP contribution < -0.4 is 0 Å². The van der Waals surface area contributed by atoms with Crippen LogP contribution in [0.1, 0.15) is 25.7 Å². The molecule has 1 aliphatic heterocycles. The molecule has 172 valence electrons. The third-order valence-corrected chi connectivity index (χ3v) is 4.98. The van der Waals surface area contributed by atoms with Gasteiger partial charge in [-0.05, 0) is 30.8 Å². The predicted molar refractivity (Wildman–Crippen MR) is 109 cm³/mol. The number of aliphatic hydroxyl groups is 7. The first kappa shape index (κ1) is 26.8. The van der Waals surface area contributed by atoms with Gasteiger partial charge in [-0.25, -0.2) is 0 Å². The molecule has 12 heteroatoms. The van der Waals surface area contributed by atoms with E-state index in [0.717, 1.165) is 18.6 Å². The van der Waals surface area contributed by atoms with E-state index < -0.39 is 61.2 Å². The summed E-state index contributed by atoms with van der Waals surface area (Å²) in [5.74, 6) is -1.03. The third kappa shape index (κ3) is 8.05. The van der Waals surface area contributed by atoms with E-state index in [9.17, 15) is 35.7 Å². The minimum atomic E-state index is -2.15. The summed E-state index contributed by atoms with van der Waals surface area (Å²) in [5, 5.41) is 69.3. The zero-order valence-corrected chi connectivity index (χ0v) is 17.7. The van der Waals surface area contributed by atoms with E-state index in [-0.39, 0.29) is 18.8 Å². The normalized spacial score (nSPS) is 30.7. The van der Waals surface area contributed by atoms with Crippen LogP contribution in [0.2, 0.25) is 0 Å². The Morgan fingerprint density at radius 1 is 0.966 bits per heavy atom. The Bertz CT molecular complexity index is 493. The molecule has 1 heterocycles. The first-order valence-corrected chi connectivity index (χ1v) is 10.6. The van der Waals surface area contributed by atoms with E-state index >= 15 is 0 Å². The Hall–Kier alpha value is -0.280. The highest BCUT2D eigenvalue weighted by Crippen LogP contribution is 2.26. The molecule has 10 nitrogen and oxygen atoms in total. The molecular weight excluding hydrogens is 428 g/mol. The average molecular weight is 461 g/mol. The fraction of sp³-hybridized carbons (Fsp3) is 0.882. The summed E-state index contributed by atoms with van der Waals surface area (Å²) in [6.45, 7) is -0.381. The monoisotopic (exact) mass is 460 g/mol. The molecule has 7 atom stereocenters. The fourth-order valence-corrected chi connectivity index (χ4v) is 3.19. The molecule has 1 aliphatic rings. The quantitative estimate of drug-likeness (QED) is 0.0738. The summed E-state index contributed by atoms with van der Waals surface area (Å²) >= 11 is 7.99. The standard InChI is InChI=1S/C17H32O10S2/c18-8-10-15(27-16(24)13(22)11(20)9(19)4-7-29)12(21)14(23)17(26-10)25-5-2-1-3-6-28/h9-10,12,14-24,28-29H,1-8H2/b13-11+/t9-,10?,12?,14?,15-,16-,17+/m0/s1. The number of thiol groups is 2. The first-order valence-electron chi connectivity index (χ1n) is 9.37. The largest absolute Gasteiger partial charge is 0.506 e. The fourth-order valence-electron chi connectivity index (χ4n) is 2.72. The van der Waals surface area contributed by atoms with Crippen molar-refractivity contribution in [3.63, 3.8) is 0 Å². The van der Waals surface area contributed by atoms with E-state index in [4.69, 9.17) is 14.2 Å². The highest BCUT2D eigenvalue weighted by atomic mass is 32.1. The third-order valence-electron chi connectivity index (χ3n) is 4.41. The minimum Gasteiger partial charge on any atom is -0.506 e. The molecule has 0 bridgehead atoms. The van der Waals surface area contributed by atoms with Crippen molar-refractivity contribution in [1.82, 2.24) is 0 Å². The molecule has 0 aromatic rings. The van der Waals surface area contributed by atoms with Gasteiger partial charge in [0.2, 0.25) is 6.29 Å². The molecule has 1 saturated heterocycles. The number of unbranched alkanes of at least 4 members (excludes halogenated alkanes) is 2.